The first-order valence-electron chi connectivity index (χ1n) is 5.05. The molecule has 0 aliphatic rings. The maximum atomic E-state index is 5.64. The smallest absolute Gasteiger partial charge is 0.0212 e. The van der Waals surface area contributed by atoms with Crippen LogP contribution in [-0.2, 0) is 0 Å². The highest BCUT2D eigenvalue weighted by atomic mass is 79.9. The Morgan fingerprint density at radius 1 is 1.29 bits per heavy atom. The molecule has 78 valence electrons. The molecule has 0 aliphatic heterocycles. The topological polar surface area (TPSA) is 26.0 Å². The molecule has 14 heavy (non-hydrogen) atoms. The fraction of sp³-hybridized carbons (Fsp3) is 0.500. The highest BCUT2D eigenvalue weighted by molar-refractivity contribution is 9.10. The van der Waals surface area contributed by atoms with Crippen molar-refractivity contribution in [3.8, 4) is 0 Å². The van der Waals surface area contributed by atoms with Crippen LogP contribution in [0.15, 0.2) is 22.7 Å². The maximum Gasteiger partial charge on any atom is 0.0212 e. The van der Waals surface area contributed by atoms with Crippen LogP contribution in [0.3, 0.4) is 0 Å². The number of rotatable bonds is 3. The molecule has 0 fully saturated rings. The van der Waals surface area contributed by atoms with E-state index in [1.807, 2.05) is 0 Å². The van der Waals surface area contributed by atoms with Gasteiger partial charge in [0.1, 0.15) is 0 Å². The van der Waals surface area contributed by atoms with Crippen LogP contribution in [0.4, 0.5) is 0 Å². The van der Waals surface area contributed by atoms with E-state index >= 15 is 0 Å². The van der Waals surface area contributed by atoms with Crippen LogP contribution in [0, 0.1) is 0 Å². The van der Waals surface area contributed by atoms with Crippen LogP contribution in [0.2, 0.25) is 0 Å². The summed E-state index contributed by atoms with van der Waals surface area (Å²) in [7, 11) is 0. The molecule has 0 amide bonds. The van der Waals surface area contributed by atoms with Gasteiger partial charge in [-0.05, 0) is 35.6 Å². The number of benzene rings is 1. The normalized spacial score (nSPS) is 13.3. The van der Waals surface area contributed by atoms with Crippen LogP contribution in [0.5, 0.6) is 0 Å². The molecule has 0 saturated carbocycles. The Hall–Kier alpha value is -0.340. The summed E-state index contributed by atoms with van der Waals surface area (Å²) in [4.78, 5) is 0. The van der Waals surface area contributed by atoms with E-state index in [2.05, 4.69) is 54.9 Å². The predicted octanol–water partition coefficient (Wildman–Crippen LogP) is 3.63. The van der Waals surface area contributed by atoms with Crippen molar-refractivity contribution in [3.63, 3.8) is 0 Å². The molecule has 1 rings (SSSR count). The van der Waals surface area contributed by atoms with Crippen molar-refractivity contribution in [1.29, 1.82) is 0 Å². The average molecular weight is 256 g/mol. The summed E-state index contributed by atoms with van der Waals surface area (Å²) in [6, 6.07) is 6.56. The van der Waals surface area contributed by atoms with Gasteiger partial charge in [-0.25, -0.2) is 0 Å². The lowest BCUT2D eigenvalue weighted by atomic mass is 9.96. The summed E-state index contributed by atoms with van der Waals surface area (Å²) in [6.07, 6.45) is 0. The van der Waals surface area contributed by atoms with Crippen molar-refractivity contribution >= 4 is 15.9 Å². The molecule has 2 N–H and O–H groups in total. The summed E-state index contributed by atoms with van der Waals surface area (Å²) in [5.41, 5.74) is 8.30. The zero-order valence-corrected chi connectivity index (χ0v) is 10.6. The molecule has 1 aromatic rings. The van der Waals surface area contributed by atoms with Gasteiger partial charge in [-0.1, -0.05) is 48.8 Å². The lowest BCUT2D eigenvalue weighted by molar-refractivity contribution is 0.770. The van der Waals surface area contributed by atoms with Crippen LogP contribution in [0.1, 0.15) is 43.7 Å². The lowest BCUT2D eigenvalue weighted by Crippen LogP contribution is -2.09. The quantitative estimate of drug-likeness (QED) is 0.877. The number of halogens is 1. The van der Waals surface area contributed by atoms with Gasteiger partial charge in [0, 0.05) is 4.47 Å². The predicted molar refractivity (Wildman–Crippen MR) is 65.7 cm³/mol. The fourth-order valence-electron chi connectivity index (χ4n) is 1.45. The molecule has 0 bridgehead atoms. The minimum Gasteiger partial charge on any atom is -0.330 e. The van der Waals surface area contributed by atoms with E-state index in [1.165, 1.54) is 15.6 Å². The third-order valence-electron chi connectivity index (χ3n) is 2.57. The van der Waals surface area contributed by atoms with E-state index < -0.39 is 0 Å². The molecule has 1 atom stereocenters. The fourth-order valence-corrected chi connectivity index (χ4v) is 2.31. The standard InChI is InChI=1S/C12H18BrN/c1-8(2)11-5-4-10(6-12(11)13)9(3)7-14/h4-6,8-9H,7,14H2,1-3H3. The summed E-state index contributed by atoms with van der Waals surface area (Å²) >= 11 is 3.60. The second-order valence-corrected chi connectivity index (χ2v) is 4.93. The Morgan fingerprint density at radius 2 is 1.93 bits per heavy atom. The van der Waals surface area contributed by atoms with Gasteiger partial charge in [0.05, 0.1) is 0 Å². The van der Waals surface area contributed by atoms with E-state index in [0.29, 0.717) is 18.4 Å². The van der Waals surface area contributed by atoms with Crippen molar-refractivity contribution in [2.45, 2.75) is 32.6 Å². The van der Waals surface area contributed by atoms with Crippen molar-refractivity contribution in [2.24, 2.45) is 5.73 Å². The van der Waals surface area contributed by atoms with Gasteiger partial charge in [-0.2, -0.15) is 0 Å². The molecule has 0 saturated heterocycles. The second-order valence-electron chi connectivity index (χ2n) is 4.07. The Bertz CT molecular complexity index is 307. The Kier molecular flexibility index (Phi) is 4.14. The van der Waals surface area contributed by atoms with Gasteiger partial charge >= 0.3 is 0 Å². The highest BCUT2D eigenvalue weighted by Crippen LogP contribution is 2.27. The second kappa shape index (κ2) is 4.94. The lowest BCUT2D eigenvalue weighted by Gasteiger charge is -2.13. The zero-order chi connectivity index (χ0) is 10.7. The van der Waals surface area contributed by atoms with E-state index in [0.717, 1.165) is 0 Å². The summed E-state index contributed by atoms with van der Waals surface area (Å²) in [5, 5.41) is 0. The van der Waals surface area contributed by atoms with Gasteiger partial charge in [0.2, 0.25) is 0 Å². The molecule has 1 nitrogen and oxygen atoms in total. The third-order valence-corrected chi connectivity index (χ3v) is 3.26. The first kappa shape index (κ1) is 11.7. The van der Waals surface area contributed by atoms with Crippen LogP contribution < -0.4 is 5.73 Å². The average Bonchev–Trinajstić information content (AvgIpc) is 2.15. The largest absolute Gasteiger partial charge is 0.330 e. The maximum absolute atomic E-state index is 5.64. The van der Waals surface area contributed by atoms with E-state index in [1.54, 1.807) is 0 Å². The molecular weight excluding hydrogens is 238 g/mol. The zero-order valence-electron chi connectivity index (χ0n) is 9.05. The molecule has 0 aromatic heterocycles. The van der Waals surface area contributed by atoms with Gasteiger partial charge < -0.3 is 5.73 Å². The SMILES string of the molecule is CC(C)c1ccc(C(C)CN)cc1Br. The minimum absolute atomic E-state index is 0.438. The summed E-state index contributed by atoms with van der Waals surface area (Å²) < 4.78 is 1.20. The molecule has 0 aliphatic carbocycles. The van der Waals surface area contributed by atoms with E-state index in [4.69, 9.17) is 5.73 Å². The van der Waals surface area contributed by atoms with Crippen molar-refractivity contribution in [2.75, 3.05) is 6.54 Å². The van der Waals surface area contributed by atoms with Gasteiger partial charge in [-0.3, -0.25) is 0 Å². The van der Waals surface area contributed by atoms with Crippen molar-refractivity contribution < 1.29 is 0 Å². The van der Waals surface area contributed by atoms with Crippen molar-refractivity contribution in [1.82, 2.24) is 0 Å². The van der Waals surface area contributed by atoms with E-state index in [-0.39, 0.29) is 0 Å². The van der Waals surface area contributed by atoms with Gasteiger partial charge in [0.25, 0.3) is 0 Å². The molecule has 1 aromatic carbocycles. The van der Waals surface area contributed by atoms with E-state index in [9.17, 15) is 0 Å². The third kappa shape index (κ3) is 2.58. The Labute approximate surface area is 94.8 Å². The minimum atomic E-state index is 0.438. The number of hydrogen-bond acceptors (Lipinski definition) is 1. The number of nitrogens with two attached hydrogens (primary N) is 1. The van der Waals surface area contributed by atoms with Gasteiger partial charge in [0.15, 0.2) is 0 Å². The molecule has 0 spiro atoms. The Balaban J connectivity index is 3.00. The first-order valence-corrected chi connectivity index (χ1v) is 5.85. The summed E-state index contributed by atoms with van der Waals surface area (Å²) in [5.74, 6) is 0.999. The van der Waals surface area contributed by atoms with Crippen LogP contribution >= 0.6 is 15.9 Å². The molecule has 0 heterocycles. The monoisotopic (exact) mass is 255 g/mol. The highest BCUT2D eigenvalue weighted by Gasteiger charge is 2.08. The number of hydrogen-bond donors (Lipinski definition) is 1. The van der Waals surface area contributed by atoms with Crippen LogP contribution in [0.25, 0.3) is 0 Å². The van der Waals surface area contributed by atoms with Crippen LogP contribution in [-0.4, -0.2) is 6.54 Å². The van der Waals surface area contributed by atoms with Gasteiger partial charge in [-0.15, -0.1) is 0 Å². The molecule has 2 heteroatoms. The first-order chi connectivity index (χ1) is 6.56. The Morgan fingerprint density at radius 3 is 2.36 bits per heavy atom. The molecule has 0 radical (unpaired) electrons. The summed E-state index contributed by atoms with van der Waals surface area (Å²) in [6.45, 7) is 7.25. The molecule has 1 unspecified atom stereocenters. The molecular formula is C12H18BrN. The van der Waals surface area contributed by atoms with Crippen molar-refractivity contribution in [3.05, 3.63) is 33.8 Å².